The first-order valence-electron chi connectivity index (χ1n) is 9.26. The molecule has 0 spiro atoms. The monoisotopic (exact) mass is 417 g/mol. The van der Waals surface area contributed by atoms with Crippen LogP contribution in [0.5, 0.6) is 11.5 Å². The summed E-state index contributed by atoms with van der Waals surface area (Å²) in [6, 6.07) is 20.7. The van der Waals surface area contributed by atoms with Crippen LogP contribution in [-0.2, 0) is 6.61 Å². The van der Waals surface area contributed by atoms with Gasteiger partial charge in [-0.05, 0) is 71.9 Å². The van der Waals surface area contributed by atoms with E-state index in [9.17, 15) is 4.79 Å². The van der Waals surface area contributed by atoms with E-state index in [4.69, 9.17) is 9.47 Å². The maximum absolute atomic E-state index is 11.9. The van der Waals surface area contributed by atoms with Crippen LogP contribution in [0.25, 0.3) is 6.08 Å². The van der Waals surface area contributed by atoms with Crippen molar-refractivity contribution in [2.45, 2.75) is 6.61 Å². The summed E-state index contributed by atoms with van der Waals surface area (Å²) in [5.41, 5.74) is 2.50. The summed E-state index contributed by atoms with van der Waals surface area (Å²) >= 11 is 1.12. The van der Waals surface area contributed by atoms with Gasteiger partial charge in [0, 0.05) is 6.20 Å². The fraction of sp³-hybridized carbons (Fsp3) is 0.0870. The zero-order chi connectivity index (χ0) is 20.8. The van der Waals surface area contributed by atoms with Gasteiger partial charge in [-0.15, -0.1) is 0 Å². The maximum atomic E-state index is 11.9. The normalized spacial score (nSPS) is 16.0. The lowest BCUT2D eigenvalue weighted by Gasteiger charge is -2.07. The van der Waals surface area contributed by atoms with Crippen molar-refractivity contribution in [3.63, 3.8) is 0 Å². The molecule has 0 atom stereocenters. The van der Waals surface area contributed by atoms with Gasteiger partial charge in [-0.3, -0.25) is 9.78 Å². The van der Waals surface area contributed by atoms with E-state index in [0.717, 1.165) is 45.1 Å². The lowest BCUT2D eigenvalue weighted by molar-refractivity contribution is 0.265. The second-order valence-corrected chi connectivity index (χ2v) is 7.38. The molecule has 1 fully saturated rings. The van der Waals surface area contributed by atoms with E-state index >= 15 is 0 Å². The lowest BCUT2D eigenvalue weighted by atomic mass is 10.2. The number of aromatic nitrogens is 1. The molecule has 7 heteroatoms. The van der Waals surface area contributed by atoms with Gasteiger partial charge in [-0.25, -0.2) is 4.99 Å². The molecule has 2 heterocycles. The Morgan fingerprint density at radius 3 is 2.70 bits per heavy atom. The molecule has 1 amide bonds. The van der Waals surface area contributed by atoms with Gasteiger partial charge >= 0.3 is 0 Å². The summed E-state index contributed by atoms with van der Waals surface area (Å²) in [5, 5.41) is 2.64. The average molecular weight is 417 g/mol. The second kappa shape index (κ2) is 9.28. The number of amides is 1. The first-order chi connectivity index (χ1) is 14.7. The van der Waals surface area contributed by atoms with Gasteiger partial charge in [-0.1, -0.05) is 18.2 Å². The Kier molecular flexibility index (Phi) is 6.10. The van der Waals surface area contributed by atoms with Gasteiger partial charge < -0.3 is 14.8 Å². The van der Waals surface area contributed by atoms with E-state index in [1.807, 2.05) is 72.8 Å². The maximum Gasteiger partial charge on any atom is 0.289 e. The van der Waals surface area contributed by atoms with Crippen molar-refractivity contribution in [1.82, 2.24) is 10.3 Å². The number of nitrogens with one attached hydrogen (secondary N) is 1. The number of thioether (sulfide) groups is 1. The van der Waals surface area contributed by atoms with Crippen LogP contribution in [0.15, 0.2) is 82.8 Å². The molecule has 1 saturated heterocycles. The zero-order valence-electron chi connectivity index (χ0n) is 16.2. The van der Waals surface area contributed by atoms with E-state index in [-0.39, 0.29) is 5.24 Å². The van der Waals surface area contributed by atoms with Gasteiger partial charge in [0.2, 0.25) is 0 Å². The molecule has 4 rings (SSSR count). The SMILES string of the molecule is COc1ccc(N=C2NC(=O)S/C2=C/c2cccc(OCc3ccccn3)c2)cc1. The Hall–Kier alpha value is -3.58. The minimum atomic E-state index is -0.156. The minimum absolute atomic E-state index is 0.156. The second-order valence-electron chi connectivity index (χ2n) is 6.36. The quantitative estimate of drug-likeness (QED) is 0.597. The number of nitrogens with zero attached hydrogens (tertiary/aromatic N) is 2. The van der Waals surface area contributed by atoms with Crippen LogP contribution >= 0.6 is 11.8 Å². The number of carbonyl (C=O) groups is 1. The van der Waals surface area contributed by atoms with Gasteiger partial charge in [0.25, 0.3) is 5.24 Å². The Labute approximate surface area is 178 Å². The largest absolute Gasteiger partial charge is 0.497 e. The highest BCUT2D eigenvalue weighted by molar-refractivity contribution is 8.18. The number of methoxy groups -OCH3 is 1. The highest BCUT2D eigenvalue weighted by atomic mass is 32.2. The number of hydrogen-bond acceptors (Lipinski definition) is 6. The zero-order valence-corrected chi connectivity index (χ0v) is 17.1. The van der Waals surface area contributed by atoms with E-state index < -0.39 is 0 Å². The molecule has 1 N–H and O–H groups in total. The van der Waals surface area contributed by atoms with E-state index in [1.165, 1.54) is 0 Å². The molecule has 3 aromatic rings. The third kappa shape index (κ3) is 5.07. The first-order valence-corrected chi connectivity index (χ1v) is 10.1. The average Bonchev–Trinajstić information content (AvgIpc) is 3.12. The molecule has 0 aliphatic carbocycles. The topological polar surface area (TPSA) is 72.8 Å². The number of aliphatic imine (C=N–C) groups is 1. The van der Waals surface area contributed by atoms with Crippen LogP contribution in [0.4, 0.5) is 10.5 Å². The van der Waals surface area contributed by atoms with Crippen molar-refractivity contribution in [1.29, 1.82) is 0 Å². The number of hydrogen-bond donors (Lipinski definition) is 1. The molecule has 150 valence electrons. The Morgan fingerprint density at radius 1 is 1.07 bits per heavy atom. The van der Waals surface area contributed by atoms with Gasteiger partial charge in [-0.2, -0.15) is 0 Å². The van der Waals surface area contributed by atoms with Crippen LogP contribution in [0.1, 0.15) is 11.3 Å². The Bertz CT molecular complexity index is 1100. The lowest BCUT2D eigenvalue weighted by Crippen LogP contribution is -2.18. The number of carbonyl (C=O) groups excluding carboxylic acids is 1. The van der Waals surface area contributed by atoms with Crippen molar-refractivity contribution >= 4 is 34.6 Å². The number of benzene rings is 2. The molecule has 30 heavy (non-hydrogen) atoms. The molecular formula is C23H19N3O3S. The van der Waals surface area contributed by atoms with E-state index in [2.05, 4.69) is 15.3 Å². The summed E-state index contributed by atoms with van der Waals surface area (Å²) in [6.45, 7) is 0.389. The third-order valence-corrected chi connectivity index (χ3v) is 5.06. The highest BCUT2D eigenvalue weighted by Gasteiger charge is 2.23. The molecule has 6 nitrogen and oxygen atoms in total. The van der Waals surface area contributed by atoms with Crippen LogP contribution in [0, 0.1) is 0 Å². The van der Waals surface area contributed by atoms with Crippen LogP contribution in [-0.4, -0.2) is 23.2 Å². The molecule has 2 aromatic carbocycles. The highest BCUT2D eigenvalue weighted by Crippen LogP contribution is 2.29. The summed E-state index contributed by atoms with van der Waals surface area (Å²) < 4.78 is 11.0. The van der Waals surface area contributed by atoms with Crippen molar-refractivity contribution < 1.29 is 14.3 Å². The Balaban J connectivity index is 1.53. The number of amidine groups is 1. The Morgan fingerprint density at radius 2 is 1.93 bits per heavy atom. The molecule has 1 aromatic heterocycles. The fourth-order valence-corrected chi connectivity index (χ4v) is 3.52. The van der Waals surface area contributed by atoms with E-state index in [1.54, 1.807) is 13.3 Å². The third-order valence-electron chi connectivity index (χ3n) is 4.24. The standard InChI is InChI=1S/C23H19N3O3S/c1-28-19-10-8-17(9-11-19)25-22-21(30-23(27)26-22)14-16-5-4-7-20(13-16)29-15-18-6-2-3-12-24-18/h2-14H,15H2,1H3,(H,25,26,27)/b21-14+. The van der Waals surface area contributed by atoms with Crippen LogP contribution < -0.4 is 14.8 Å². The molecular weight excluding hydrogens is 398 g/mol. The molecule has 0 radical (unpaired) electrons. The van der Waals surface area contributed by atoms with Crippen LogP contribution in [0.3, 0.4) is 0 Å². The molecule has 0 unspecified atom stereocenters. The number of rotatable bonds is 6. The molecule has 1 aliphatic heterocycles. The minimum Gasteiger partial charge on any atom is -0.497 e. The predicted octanol–water partition coefficient (Wildman–Crippen LogP) is 5.20. The van der Waals surface area contributed by atoms with Gasteiger partial charge in [0.05, 0.1) is 23.4 Å². The van der Waals surface area contributed by atoms with Crippen molar-refractivity contribution in [2.75, 3.05) is 7.11 Å². The van der Waals surface area contributed by atoms with Crippen LogP contribution in [0.2, 0.25) is 0 Å². The number of pyridine rings is 1. The summed E-state index contributed by atoms with van der Waals surface area (Å²) in [6.07, 6.45) is 3.66. The first kappa shape index (κ1) is 19.7. The predicted molar refractivity (Wildman–Crippen MR) is 119 cm³/mol. The van der Waals surface area contributed by atoms with Gasteiger partial charge in [0.1, 0.15) is 23.9 Å². The van der Waals surface area contributed by atoms with Crippen molar-refractivity contribution in [3.05, 3.63) is 89.1 Å². The summed E-state index contributed by atoms with van der Waals surface area (Å²) in [4.78, 5) is 21.5. The number of ether oxygens (including phenoxy) is 2. The van der Waals surface area contributed by atoms with Gasteiger partial charge in [0.15, 0.2) is 0 Å². The van der Waals surface area contributed by atoms with Crippen molar-refractivity contribution in [3.8, 4) is 11.5 Å². The summed E-state index contributed by atoms with van der Waals surface area (Å²) in [5.74, 6) is 2.00. The molecule has 1 aliphatic rings. The molecule has 0 bridgehead atoms. The van der Waals surface area contributed by atoms with Crippen molar-refractivity contribution in [2.24, 2.45) is 4.99 Å². The molecule has 0 saturated carbocycles. The van der Waals surface area contributed by atoms with E-state index in [0.29, 0.717) is 12.4 Å². The smallest absolute Gasteiger partial charge is 0.289 e. The summed E-state index contributed by atoms with van der Waals surface area (Å²) in [7, 11) is 1.61. The fourth-order valence-electron chi connectivity index (χ4n) is 2.78.